The molecule has 1 atom stereocenters. The maximum atomic E-state index is 10.1. The molecule has 0 amide bonds. The van der Waals surface area contributed by atoms with E-state index in [1.165, 1.54) is 0 Å². The predicted octanol–water partition coefficient (Wildman–Crippen LogP) is 2.84. The summed E-state index contributed by atoms with van der Waals surface area (Å²) in [6, 6.07) is 5.80. The summed E-state index contributed by atoms with van der Waals surface area (Å²) in [6.07, 6.45) is 1.13. The van der Waals surface area contributed by atoms with E-state index in [0.29, 0.717) is 0 Å². The summed E-state index contributed by atoms with van der Waals surface area (Å²) in [5.41, 5.74) is 2.79. The third-order valence-electron chi connectivity index (χ3n) is 2.41. The maximum absolute atomic E-state index is 10.1. The van der Waals surface area contributed by atoms with E-state index < -0.39 is 6.10 Å². The van der Waals surface area contributed by atoms with Crippen molar-refractivity contribution < 1.29 is 5.11 Å². The number of nitrogens with zero attached hydrogens (tertiary/aromatic N) is 1. The van der Waals surface area contributed by atoms with E-state index in [4.69, 9.17) is 0 Å². The zero-order chi connectivity index (χ0) is 10.8. The van der Waals surface area contributed by atoms with Gasteiger partial charge < -0.3 is 5.11 Å². The second kappa shape index (κ2) is 4.13. The zero-order valence-electron chi connectivity index (χ0n) is 8.77. The maximum Gasteiger partial charge on any atom is 0.122 e. The van der Waals surface area contributed by atoms with Crippen LogP contribution in [0.3, 0.4) is 0 Å². The van der Waals surface area contributed by atoms with Crippen molar-refractivity contribution >= 4 is 11.3 Å². The molecule has 2 nitrogen and oxygen atoms in total. The number of aryl methyl sites for hydroxylation is 2. The van der Waals surface area contributed by atoms with Crippen molar-refractivity contribution in [3.8, 4) is 0 Å². The third kappa shape index (κ3) is 2.08. The van der Waals surface area contributed by atoms with Crippen molar-refractivity contribution in [1.29, 1.82) is 0 Å². The topological polar surface area (TPSA) is 33.1 Å². The average Bonchev–Trinajstić information content (AvgIpc) is 2.63. The van der Waals surface area contributed by atoms with Crippen molar-refractivity contribution in [2.45, 2.75) is 20.0 Å². The van der Waals surface area contributed by atoms with Crippen molar-refractivity contribution in [2.24, 2.45) is 0 Å². The zero-order valence-corrected chi connectivity index (χ0v) is 9.58. The van der Waals surface area contributed by atoms with Gasteiger partial charge in [0, 0.05) is 16.6 Å². The van der Waals surface area contributed by atoms with Gasteiger partial charge in [-0.3, -0.25) is 4.98 Å². The van der Waals surface area contributed by atoms with Gasteiger partial charge in [-0.1, -0.05) is 0 Å². The van der Waals surface area contributed by atoms with Crippen LogP contribution in [-0.4, -0.2) is 10.1 Å². The first kappa shape index (κ1) is 10.3. The summed E-state index contributed by atoms with van der Waals surface area (Å²) in [5, 5.41) is 12.1. The molecular weight excluding hydrogens is 206 g/mol. The smallest absolute Gasteiger partial charge is 0.122 e. The minimum atomic E-state index is -0.601. The first-order valence-electron chi connectivity index (χ1n) is 4.83. The molecule has 0 aliphatic carbocycles. The molecule has 1 unspecified atom stereocenters. The fourth-order valence-electron chi connectivity index (χ4n) is 1.55. The van der Waals surface area contributed by atoms with Gasteiger partial charge in [-0.25, -0.2) is 0 Å². The molecule has 2 heterocycles. The van der Waals surface area contributed by atoms with E-state index in [1.54, 1.807) is 17.5 Å². The summed E-state index contributed by atoms with van der Waals surface area (Å²) in [4.78, 5) is 5.34. The van der Waals surface area contributed by atoms with E-state index in [1.807, 2.05) is 37.4 Å². The SMILES string of the molecule is Cc1ccnc(C(O)c2ccsc2C)c1. The number of aliphatic hydroxyl groups excluding tert-OH is 1. The molecule has 0 saturated heterocycles. The van der Waals surface area contributed by atoms with Crippen LogP contribution in [0.15, 0.2) is 29.8 Å². The van der Waals surface area contributed by atoms with Crippen LogP contribution in [0.2, 0.25) is 0 Å². The van der Waals surface area contributed by atoms with Crippen LogP contribution in [-0.2, 0) is 0 Å². The number of hydrogen-bond donors (Lipinski definition) is 1. The predicted molar refractivity (Wildman–Crippen MR) is 62.1 cm³/mol. The normalized spacial score (nSPS) is 12.7. The third-order valence-corrected chi connectivity index (χ3v) is 3.27. The summed E-state index contributed by atoms with van der Waals surface area (Å²) >= 11 is 1.64. The Labute approximate surface area is 93.2 Å². The minimum absolute atomic E-state index is 0.601. The molecule has 2 rings (SSSR count). The van der Waals surface area contributed by atoms with Crippen molar-refractivity contribution in [3.05, 3.63) is 51.5 Å². The Kier molecular flexibility index (Phi) is 2.84. The monoisotopic (exact) mass is 219 g/mol. The highest BCUT2D eigenvalue weighted by Crippen LogP contribution is 2.26. The lowest BCUT2D eigenvalue weighted by Gasteiger charge is -2.10. The number of hydrogen-bond acceptors (Lipinski definition) is 3. The number of pyridine rings is 1. The van der Waals surface area contributed by atoms with E-state index in [2.05, 4.69) is 4.98 Å². The molecule has 3 heteroatoms. The van der Waals surface area contributed by atoms with Gasteiger partial charge >= 0.3 is 0 Å². The molecule has 1 N–H and O–H groups in total. The van der Waals surface area contributed by atoms with Gasteiger partial charge in [-0.15, -0.1) is 11.3 Å². The quantitative estimate of drug-likeness (QED) is 0.842. The summed E-state index contributed by atoms with van der Waals surface area (Å²) in [7, 11) is 0. The van der Waals surface area contributed by atoms with Crippen molar-refractivity contribution in [2.75, 3.05) is 0 Å². The Morgan fingerprint density at radius 1 is 1.33 bits per heavy atom. The molecule has 0 radical (unpaired) electrons. The van der Waals surface area contributed by atoms with Gasteiger partial charge in [-0.2, -0.15) is 0 Å². The van der Waals surface area contributed by atoms with Crippen LogP contribution < -0.4 is 0 Å². The molecule has 0 fully saturated rings. The van der Waals surface area contributed by atoms with E-state index in [0.717, 1.165) is 21.7 Å². The number of rotatable bonds is 2. The minimum Gasteiger partial charge on any atom is -0.382 e. The molecule has 0 aromatic carbocycles. The van der Waals surface area contributed by atoms with Crippen LogP contribution in [0.1, 0.15) is 27.8 Å². The lowest BCUT2D eigenvalue weighted by Crippen LogP contribution is -2.02. The van der Waals surface area contributed by atoms with E-state index in [-0.39, 0.29) is 0 Å². The highest BCUT2D eigenvalue weighted by molar-refractivity contribution is 7.10. The standard InChI is InChI=1S/C12H13NOS/c1-8-3-5-13-11(7-8)12(14)10-4-6-15-9(10)2/h3-7,12,14H,1-2H3. The highest BCUT2D eigenvalue weighted by Gasteiger charge is 2.14. The van der Waals surface area contributed by atoms with Crippen LogP contribution in [0.4, 0.5) is 0 Å². The molecule has 0 bridgehead atoms. The molecule has 78 valence electrons. The Balaban J connectivity index is 2.36. The summed E-state index contributed by atoms with van der Waals surface area (Å²) < 4.78 is 0. The van der Waals surface area contributed by atoms with Crippen molar-refractivity contribution in [1.82, 2.24) is 4.98 Å². The fraction of sp³-hybridized carbons (Fsp3) is 0.250. The molecule has 15 heavy (non-hydrogen) atoms. The first-order valence-corrected chi connectivity index (χ1v) is 5.71. The van der Waals surface area contributed by atoms with Gasteiger partial charge in [0.25, 0.3) is 0 Å². The molecule has 2 aromatic rings. The molecule has 0 saturated carbocycles. The van der Waals surface area contributed by atoms with Gasteiger partial charge in [0.1, 0.15) is 6.10 Å². The molecule has 0 aliphatic heterocycles. The number of aromatic nitrogens is 1. The van der Waals surface area contributed by atoms with Gasteiger partial charge in [-0.05, 0) is 43.0 Å². The van der Waals surface area contributed by atoms with Crippen LogP contribution in [0.5, 0.6) is 0 Å². The highest BCUT2D eigenvalue weighted by atomic mass is 32.1. The Morgan fingerprint density at radius 2 is 2.13 bits per heavy atom. The molecule has 2 aromatic heterocycles. The van der Waals surface area contributed by atoms with Gasteiger partial charge in [0.2, 0.25) is 0 Å². The van der Waals surface area contributed by atoms with E-state index in [9.17, 15) is 5.11 Å². The van der Waals surface area contributed by atoms with Gasteiger partial charge in [0.15, 0.2) is 0 Å². The van der Waals surface area contributed by atoms with Crippen LogP contribution in [0.25, 0.3) is 0 Å². The summed E-state index contributed by atoms with van der Waals surface area (Å²) in [5.74, 6) is 0. The van der Waals surface area contributed by atoms with Crippen LogP contribution in [0, 0.1) is 13.8 Å². The molecule has 0 spiro atoms. The Bertz CT molecular complexity index is 464. The Morgan fingerprint density at radius 3 is 2.73 bits per heavy atom. The molecule has 0 aliphatic rings. The number of thiophene rings is 1. The number of aliphatic hydroxyl groups is 1. The lowest BCUT2D eigenvalue weighted by molar-refractivity contribution is 0.215. The van der Waals surface area contributed by atoms with Crippen molar-refractivity contribution in [3.63, 3.8) is 0 Å². The largest absolute Gasteiger partial charge is 0.382 e. The van der Waals surface area contributed by atoms with Gasteiger partial charge in [0.05, 0.1) is 5.69 Å². The lowest BCUT2D eigenvalue weighted by atomic mass is 10.1. The Hall–Kier alpha value is -1.19. The summed E-state index contributed by atoms with van der Waals surface area (Å²) in [6.45, 7) is 4.01. The second-order valence-corrected chi connectivity index (χ2v) is 4.71. The van der Waals surface area contributed by atoms with E-state index >= 15 is 0 Å². The molecular formula is C12H13NOS. The first-order chi connectivity index (χ1) is 7.18. The average molecular weight is 219 g/mol. The second-order valence-electron chi connectivity index (χ2n) is 3.59. The van der Waals surface area contributed by atoms with Crippen LogP contribution >= 0.6 is 11.3 Å². The fourth-order valence-corrected chi connectivity index (χ4v) is 2.28.